The topological polar surface area (TPSA) is 70.8 Å². The Hall–Kier alpha value is -0.950. The molecule has 98 valence electrons. The number of hydrogen-bond donors (Lipinski definition) is 1. The summed E-state index contributed by atoms with van der Waals surface area (Å²) in [4.78, 5) is 24.7. The number of carboxylic acids is 1. The SMILES string of the molecule is O=C(O)CC1CSCCN1C(=O)c1coc(Br)c1. The molecule has 1 fully saturated rings. The Morgan fingerprint density at radius 2 is 2.39 bits per heavy atom. The Kier molecular flexibility index (Phi) is 4.34. The molecule has 0 aliphatic carbocycles. The summed E-state index contributed by atoms with van der Waals surface area (Å²) in [6, 6.07) is 1.35. The van der Waals surface area contributed by atoms with E-state index in [2.05, 4.69) is 15.9 Å². The maximum Gasteiger partial charge on any atom is 0.305 e. The standard InChI is InChI=1S/C11H12BrNO4S/c12-9-3-7(5-17-9)11(16)13-1-2-18-6-8(13)4-10(14)15/h3,5,8H,1-2,4,6H2,(H,14,15). The van der Waals surface area contributed by atoms with E-state index in [4.69, 9.17) is 9.52 Å². The van der Waals surface area contributed by atoms with Gasteiger partial charge in [0, 0.05) is 24.1 Å². The van der Waals surface area contributed by atoms with Crippen molar-refractivity contribution in [2.75, 3.05) is 18.1 Å². The molecule has 1 unspecified atom stereocenters. The van der Waals surface area contributed by atoms with Crippen LogP contribution in [0.4, 0.5) is 0 Å². The summed E-state index contributed by atoms with van der Waals surface area (Å²) in [5, 5.41) is 8.87. The van der Waals surface area contributed by atoms with Crippen LogP contribution in [-0.4, -0.2) is 46.0 Å². The molecule has 1 atom stereocenters. The molecule has 2 rings (SSSR count). The number of thioether (sulfide) groups is 1. The average molecular weight is 334 g/mol. The van der Waals surface area contributed by atoms with Gasteiger partial charge in [0.25, 0.3) is 5.91 Å². The largest absolute Gasteiger partial charge is 0.481 e. The van der Waals surface area contributed by atoms with Gasteiger partial charge >= 0.3 is 5.97 Å². The number of carbonyl (C=O) groups is 2. The molecule has 1 aromatic heterocycles. The second-order valence-electron chi connectivity index (χ2n) is 3.96. The summed E-state index contributed by atoms with van der Waals surface area (Å²) < 4.78 is 5.53. The van der Waals surface area contributed by atoms with Crippen molar-refractivity contribution in [1.82, 2.24) is 4.90 Å². The molecular weight excluding hydrogens is 322 g/mol. The van der Waals surface area contributed by atoms with Gasteiger partial charge in [-0.25, -0.2) is 0 Å². The Balaban J connectivity index is 2.13. The van der Waals surface area contributed by atoms with E-state index in [1.54, 1.807) is 22.7 Å². The molecular formula is C11H12BrNO4S. The zero-order chi connectivity index (χ0) is 13.1. The first-order chi connectivity index (χ1) is 8.58. The van der Waals surface area contributed by atoms with E-state index in [-0.39, 0.29) is 18.4 Å². The molecule has 0 saturated carbocycles. The lowest BCUT2D eigenvalue weighted by molar-refractivity contribution is -0.138. The third kappa shape index (κ3) is 3.08. The van der Waals surface area contributed by atoms with Crippen LogP contribution in [0.2, 0.25) is 0 Å². The van der Waals surface area contributed by atoms with E-state index in [1.165, 1.54) is 6.26 Å². The fourth-order valence-corrected chi connectivity index (χ4v) is 3.28. The van der Waals surface area contributed by atoms with Crippen LogP contribution in [0.5, 0.6) is 0 Å². The molecule has 2 heterocycles. The first-order valence-electron chi connectivity index (χ1n) is 5.42. The highest BCUT2D eigenvalue weighted by Gasteiger charge is 2.30. The lowest BCUT2D eigenvalue weighted by atomic mass is 10.1. The van der Waals surface area contributed by atoms with Crippen molar-refractivity contribution in [3.63, 3.8) is 0 Å². The van der Waals surface area contributed by atoms with Crippen molar-refractivity contribution >= 4 is 39.6 Å². The molecule has 0 bridgehead atoms. The molecule has 0 spiro atoms. The van der Waals surface area contributed by atoms with Gasteiger partial charge in [-0.15, -0.1) is 0 Å². The summed E-state index contributed by atoms with van der Waals surface area (Å²) in [6.45, 7) is 0.574. The Labute approximate surface area is 117 Å². The van der Waals surface area contributed by atoms with Gasteiger partial charge in [-0.05, 0) is 15.9 Å². The van der Waals surface area contributed by atoms with E-state index in [0.717, 1.165) is 5.75 Å². The van der Waals surface area contributed by atoms with Crippen molar-refractivity contribution in [2.45, 2.75) is 12.5 Å². The third-order valence-electron chi connectivity index (χ3n) is 2.71. The first kappa shape index (κ1) is 13.5. The Morgan fingerprint density at radius 3 is 3.00 bits per heavy atom. The van der Waals surface area contributed by atoms with E-state index < -0.39 is 5.97 Å². The lowest BCUT2D eigenvalue weighted by Crippen LogP contribution is -2.47. The molecule has 5 nitrogen and oxygen atoms in total. The van der Waals surface area contributed by atoms with Gasteiger partial charge in [0.1, 0.15) is 6.26 Å². The fraction of sp³-hybridized carbons (Fsp3) is 0.455. The fourth-order valence-electron chi connectivity index (χ4n) is 1.88. The summed E-state index contributed by atoms with van der Waals surface area (Å²) in [6.07, 6.45) is 1.36. The normalized spacial score (nSPS) is 19.8. The quantitative estimate of drug-likeness (QED) is 0.916. The molecule has 1 N–H and O–H groups in total. The van der Waals surface area contributed by atoms with Crippen molar-refractivity contribution < 1.29 is 19.1 Å². The second kappa shape index (κ2) is 5.79. The van der Waals surface area contributed by atoms with E-state index >= 15 is 0 Å². The number of carbonyl (C=O) groups excluding carboxylic acids is 1. The highest BCUT2D eigenvalue weighted by atomic mass is 79.9. The molecule has 1 aliphatic rings. The maximum absolute atomic E-state index is 12.2. The first-order valence-corrected chi connectivity index (χ1v) is 7.37. The third-order valence-corrected chi connectivity index (χ3v) is 4.22. The smallest absolute Gasteiger partial charge is 0.305 e. The minimum Gasteiger partial charge on any atom is -0.481 e. The van der Waals surface area contributed by atoms with Gasteiger partial charge in [0.2, 0.25) is 0 Å². The second-order valence-corrected chi connectivity index (χ2v) is 5.90. The highest BCUT2D eigenvalue weighted by Crippen LogP contribution is 2.23. The van der Waals surface area contributed by atoms with Gasteiger partial charge in [-0.1, -0.05) is 0 Å². The number of furan rings is 1. The minimum atomic E-state index is -0.881. The summed E-state index contributed by atoms with van der Waals surface area (Å²) in [5.41, 5.74) is 0.448. The number of carboxylic acid groups (broad SMARTS) is 1. The van der Waals surface area contributed by atoms with Crippen LogP contribution in [0.1, 0.15) is 16.8 Å². The molecule has 1 aromatic rings. The molecule has 0 radical (unpaired) electrons. The van der Waals surface area contributed by atoms with Crippen LogP contribution in [0.3, 0.4) is 0 Å². The zero-order valence-corrected chi connectivity index (χ0v) is 11.9. The van der Waals surface area contributed by atoms with E-state index in [0.29, 0.717) is 22.5 Å². The van der Waals surface area contributed by atoms with Crippen LogP contribution in [0.25, 0.3) is 0 Å². The van der Waals surface area contributed by atoms with Crippen molar-refractivity contribution in [2.24, 2.45) is 0 Å². The van der Waals surface area contributed by atoms with Gasteiger partial charge in [-0.3, -0.25) is 9.59 Å². The van der Waals surface area contributed by atoms with Crippen LogP contribution >= 0.6 is 27.7 Å². The molecule has 1 amide bonds. The average Bonchev–Trinajstić information content (AvgIpc) is 2.75. The number of aliphatic carboxylic acids is 1. The van der Waals surface area contributed by atoms with E-state index in [1.807, 2.05) is 0 Å². The number of amides is 1. The monoisotopic (exact) mass is 333 g/mol. The molecule has 1 saturated heterocycles. The van der Waals surface area contributed by atoms with Crippen molar-refractivity contribution in [3.8, 4) is 0 Å². The minimum absolute atomic E-state index is 0.0161. The molecule has 7 heteroatoms. The number of halogens is 1. The Bertz CT molecular complexity index is 462. The zero-order valence-electron chi connectivity index (χ0n) is 9.47. The van der Waals surface area contributed by atoms with Gasteiger partial charge < -0.3 is 14.4 Å². The van der Waals surface area contributed by atoms with Crippen LogP contribution in [0, 0.1) is 0 Å². The van der Waals surface area contributed by atoms with Crippen molar-refractivity contribution in [3.05, 3.63) is 22.6 Å². The van der Waals surface area contributed by atoms with Crippen molar-refractivity contribution in [1.29, 1.82) is 0 Å². The maximum atomic E-state index is 12.2. The highest BCUT2D eigenvalue weighted by molar-refractivity contribution is 9.10. The van der Waals surface area contributed by atoms with Gasteiger partial charge in [0.05, 0.1) is 18.0 Å². The predicted octanol–water partition coefficient (Wildman–Crippen LogP) is 2.07. The molecule has 18 heavy (non-hydrogen) atoms. The van der Waals surface area contributed by atoms with Crippen LogP contribution in [-0.2, 0) is 4.79 Å². The number of rotatable bonds is 3. The van der Waals surface area contributed by atoms with Gasteiger partial charge in [0.15, 0.2) is 4.67 Å². The number of nitrogens with zero attached hydrogens (tertiary/aromatic N) is 1. The molecule has 0 aromatic carbocycles. The van der Waals surface area contributed by atoms with Crippen LogP contribution < -0.4 is 0 Å². The molecule has 1 aliphatic heterocycles. The predicted molar refractivity (Wildman–Crippen MR) is 70.8 cm³/mol. The summed E-state index contributed by atoms with van der Waals surface area (Å²) in [5.74, 6) is 0.447. The summed E-state index contributed by atoms with van der Waals surface area (Å²) in [7, 11) is 0. The Morgan fingerprint density at radius 1 is 1.61 bits per heavy atom. The van der Waals surface area contributed by atoms with E-state index in [9.17, 15) is 9.59 Å². The number of hydrogen-bond acceptors (Lipinski definition) is 4. The van der Waals surface area contributed by atoms with Crippen LogP contribution in [0.15, 0.2) is 21.4 Å². The summed E-state index contributed by atoms with van der Waals surface area (Å²) >= 11 is 4.82. The van der Waals surface area contributed by atoms with Gasteiger partial charge in [-0.2, -0.15) is 11.8 Å². The lowest BCUT2D eigenvalue weighted by Gasteiger charge is -2.34.